The molecule has 1 aromatic carbocycles. The highest BCUT2D eigenvalue weighted by molar-refractivity contribution is 5.74. The zero-order valence-corrected chi connectivity index (χ0v) is 12.9. The Kier molecular flexibility index (Phi) is 5.97. The number of nitrogens with zero attached hydrogens (tertiary/aromatic N) is 2. The predicted octanol–water partition coefficient (Wildman–Crippen LogP) is 5.10. The second kappa shape index (κ2) is 7.98. The first-order chi connectivity index (χ1) is 9.83. The van der Waals surface area contributed by atoms with E-state index in [9.17, 15) is 0 Å². The maximum absolute atomic E-state index is 4.76. The average Bonchev–Trinajstić information content (AvgIpc) is 2.49. The highest BCUT2D eigenvalue weighted by Gasteiger charge is 2.02. The van der Waals surface area contributed by atoms with Crippen molar-refractivity contribution < 1.29 is 0 Å². The Bertz CT molecular complexity index is 534. The van der Waals surface area contributed by atoms with Crippen molar-refractivity contribution in [1.82, 2.24) is 9.97 Å². The highest BCUT2D eigenvalue weighted by atomic mass is 14.8. The number of rotatable bonds is 8. The maximum atomic E-state index is 4.76. The molecule has 0 radical (unpaired) electrons. The third kappa shape index (κ3) is 4.29. The molecule has 0 aliphatic heterocycles. The minimum atomic E-state index is 1.02. The standard InChI is InChI=1S/C18H26N2/c1-3-5-7-8-9-15-11-12-17-18(13-15)20-16(14-19-17)10-6-4-2/h11-14H,3-10H2,1-2H3. The molecule has 0 atom stereocenters. The molecule has 0 aliphatic carbocycles. The molecular formula is C18H26N2. The van der Waals surface area contributed by atoms with E-state index in [1.165, 1.54) is 44.1 Å². The molecule has 0 bridgehead atoms. The smallest absolute Gasteiger partial charge is 0.0892 e. The van der Waals surface area contributed by atoms with Crippen molar-refractivity contribution in [1.29, 1.82) is 0 Å². The summed E-state index contributed by atoms with van der Waals surface area (Å²) in [5, 5.41) is 0. The van der Waals surface area contributed by atoms with E-state index in [1.54, 1.807) is 0 Å². The first-order valence-corrected chi connectivity index (χ1v) is 8.08. The van der Waals surface area contributed by atoms with Crippen LogP contribution in [-0.2, 0) is 12.8 Å². The lowest BCUT2D eigenvalue weighted by atomic mass is 10.1. The van der Waals surface area contributed by atoms with E-state index in [0.29, 0.717) is 0 Å². The molecule has 0 aliphatic rings. The number of fused-ring (bicyclic) bond motifs is 1. The van der Waals surface area contributed by atoms with Gasteiger partial charge in [0.05, 0.1) is 16.7 Å². The lowest BCUT2D eigenvalue weighted by Crippen LogP contribution is -1.94. The minimum absolute atomic E-state index is 1.02. The van der Waals surface area contributed by atoms with Crippen LogP contribution in [-0.4, -0.2) is 9.97 Å². The summed E-state index contributed by atoms with van der Waals surface area (Å²) in [6.45, 7) is 4.46. The SMILES string of the molecule is CCCCCCc1ccc2ncc(CCCC)nc2c1. The number of aryl methyl sites for hydroxylation is 2. The van der Waals surface area contributed by atoms with Crippen LogP contribution in [0.2, 0.25) is 0 Å². The molecule has 0 N–H and O–H groups in total. The van der Waals surface area contributed by atoms with Gasteiger partial charge in [0, 0.05) is 6.20 Å². The number of aromatic nitrogens is 2. The van der Waals surface area contributed by atoms with Crippen molar-refractivity contribution in [2.24, 2.45) is 0 Å². The van der Waals surface area contributed by atoms with Crippen LogP contribution < -0.4 is 0 Å². The number of hydrogen-bond acceptors (Lipinski definition) is 2. The lowest BCUT2D eigenvalue weighted by Gasteiger charge is -2.05. The summed E-state index contributed by atoms with van der Waals surface area (Å²) < 4.78 is 0. The fourth-order valence-corrected chi connectivity index (χ4v) is 2.49. The van der Waals surface area contributed by atoms with E-state index in [2.05, 4.69) is 37.0 Å². The average molecular weight is 270 g/mol. The maximum Gasteiger partial charge on any atom is 0.0892 e. The Morgan fingerprint density at radius 1 is 0.850 bits per heavy atom. The quantitative estimate of drug-likeness (QED) is 0.624. The van der Waals surface area contributed by atoms with Gasteiger partial charge >= 0.3 is 0 Å². The summed E-state index contributed by atoms with van der Waals surface area (Å²) in [5.74, 6) is 0. The normalized spacial score (nSPS) is 11.1. The molecule has 0 saturated heterocycles. The van der Waals surface area contributed by atoms with Crippen molar-refractivity contribution >= 4 is 11.0 Å². The molecule has 2 aromatic rings. The van der Waals surface area contributed by atoms with E-state index >= 15 is 0 Å². The largest absolute Gasteiger partial charge is 0.253 e. The van der Waals surface area contributed by atoms with Crippen LogP contribution in [0.15, 0.2) is 24.4 Å². The predicted molar refractivity (Wildman–Crippen MR) is 86.0 cm³/mol. The van der Waals surface area contributed by atoms with Gasteiger partial charge in [0.1, 0.15) is 0 Å². The molecule has 2 rings (SSSR count). The molecule has 1 heterocycles. The van der Waals surface area contributed by atoms with Gasteiger partial charge in [-0.25, -0.2) is 4.98 Å². The van der Waals surface area contributed by atoms with Crippen molar-refractivity contribution in [2.75, 3.05) is 0 Å². The first kappa shape index (κ1) is 15.0. The Morgan fingerprint density at radius 3 is 2.50 bits per heavy atom. The van der Waals surface area contributed by atoms with Gasteiger partial charge in [0.2, 0.25) is 0 Å². The van der Waals surface area contributed by atoms with Gasteiger partial charge in [-0.1, -0.05) is 45.6 Å². The van der Waals surface area contributed by atoms with Gasteiger partial charge in [0.25, 0.3) is 0 Å². The fourth-order valence-electron chi connectivity index (χ4n) is 2.49. The molecule has 2 nitrogen and oxygen atoms in total. The zero-order valence-electron chi connectivity index (χ0n) is 12.9. The van der Waals surface area contributed by atoms with Crippen molar-refractivity contribution in [3.63, 3.8) is 0 Å². The summed E-state index contributed by atoms with van der Waals surface area (Å²) in [6, 6.07) is 6.54. The fraction of sp³-hybridized carbons (Fsp3) is 0.556. The molecule has 20 heavy (non-hydrogen) atoms. The van der Waals surface area contributed by atoms with Crippen LogP contribution in [0, 0.1) is 0 Å². The van der Waals surface area contributed by atoms with Crippen LogP contribution in [0.4, 0.5) is 0 Å². The van der Waals surface area contributed by atoms with Crippen LogP contribution >= 0.6 is 0 Å². The van der Waals surface area contributed by atoms with Crippen LogP contribution in [0.5, 0.6) is 0 Å². The Hall–Kier alpha value is -1.44. The molecular weight excluding hydrogens is 244 g/mol. The van der Waals surface area contributed by atoms with Gasteiger partial charge < -0.3 is 0 Å². The summed E-state index contributed by atoms with van der Waals surface area (Å²) in [5.41, 5.74) is 4.60. The molecule has 108 valence electrons. The molecule has 0 spiro atoms. The van der Waals surface area contributed by atoms with Crippen LogP contribution in [0.25, 0.3) is 11.0 Å². The third-order valence-corrected chi connectivity index (χ3v) is 3.76. The van der Waals surface area contributed by atoms with E-state index in [1.807, 2.05) is 6.20 Å². The first-order valence-electron chi connectivity index (χ1n) is 8.08. The van der Waals surface area contributed by atoms with Crippen LogP contribution in [0.1, 0.15) is 63.6 Å². The Labute approximate surface area is 122 Å². The molecule has 0 saturated carbocycles. The van der Waals surface area contributed by atoms with Gasteiger partial charge in [-0.3, -0.25) is 4.98 Å². The molecule has 0 unspecified atom stereocenters. The van der Waals surface area contributed by atoms with Gasteiger partial charge in [-0.15, -0.1) is 0 Å². The molecule has 0 fully saturated rings. The lowest BCUT2D eigenvalue weighted by molar-refractivity contribution is 0.667. The van der Waals surface area contributed by atoms with Crippen molar-refractivity contribution in [3.8, 4) is 0 Å². The molecule has 0 amide bonds. The zero-order chi connectivity index (χ0) is 14.2. The van der Waals surface area contributed by atoms with Gasteiger partial charge in [-0.05, 0) is 43.4 Å². The number of unbranched alkanes of at least 4 members (excludes halogenated alkanes) is 4. The third-order valence-electron chi connectivity index (χ3n) is 3.76. The second-order valence-electron chi connectivity index (χ2n) is 5.60. The second-order valence-corrected chi connectivity index (χ2v) is 5.60. The Balaban J connectivity index is 2.06. The van der Waals surface area contributed by atoms with Crippen molar-refractivity contribution in [2.45, 2.75) is 65.2 Å². The van der Waals surface area contributed by atoms with Gasteiger partial charge in [0.15, 0.2) is 0 Å². The van der Waals surface area contributed by atoms with E-state index in [0.717, 1.165) is 29.6 Å². The summed E-state index contributed by atoms with van der Waals surface area (Å²) in [6.07, 6.45) is 11.8. The topological polar surface area (TPSA) is 25.8 Å². The van der Waals surface area contributed by atoms with Crippen LogP contribution in [0.3, 0.4) is 0 Å². The van der Waals surface area contributed by atoms with Gasteiger partial charge in [-0.2, -0.15) is 0 Å². The number of hydrogen-bond donors (Lipinski definition) is 0. The number of benzene rings is 1. The molecule has 1 aromatic heterocycles. The molecule has 2 heteroatoms. The van der Waals surface area contributed by atoms with E-state index in [4.69, 9.17) is 4.98 Å². The monoisotopic (exact) mass is 270 g/mol. The highest BCUT2D eigenvalue weighted by Crippen LogP contribution is 2.15. The van der Waals surface area contributed by atoms with E-state index < -0.39 is 0 Å². The summed E-state index contributed by atoms with van der Waals surface area (Å²) in [4.78, 5) is 9.28. The summed E-state index contributed by atoms with van der Waals surface area (Å²) in [7, 11) is 0. The minimum Gasteiger partial charge on any atom is -0.253 e. The summed E-state index contributed by atoms with van der Waals surface area (Å²) >= 11 is 0. The van der Waals surface area contributed by atoms with Crippen molar-refractivity contribution in [3.05, 3.63) is 35.7 Å². The van der Waals surface area contributed by atoms with E-state index in [-0.39, 0.29) is 0 Å². The Morgan fingerprint density at radius 2 is 1.70 bits per heavy atom.